The number of aromatic nitrogens is 4. The largest absolute Gasteiger partial charge is 0.396 e. The minimum Gasteiger partial charge on any atom is -0.396 e. The van der Waals surface area contributed by atoms with Gasteiger partial charge in [-0.15, -0.1) is 0 Å². The van der Waals surface area contributed by atoms with Gasteiger partial charge >= 0.3 is 5.69 Å². The van der Waals surface area contributed by atoms with E-state index in [0.29, 0.717) is 39.9 Å². The molecule has 0 spiro atoms. The molecule has 0 bridgehead atoms. The summed E-state index contributed by atoms with van der Waals surface area (Å²) in [6.07, 6.45) is 0.299. The molecule has 0 unspecified atom stereocenters. The van der Waals surface area contributed by atoms with E-state index in [1.807, 2.05) is 30.3 Å². The molecule has 0 aliphatic heterocycles. The molecule has 9 heteroatoms. The van der Waals surface area contributed by atoms with Gasteiger partial charge in [0.2, 0.25) is 0 Å². The lowest BCUT2D eigenvalue weighted by molar-refractivity contribution is 0.277. The summed E-state index contributed by atoms with van der Waals surface area (Å²) in [5.74, 6) is 0.504. The Labute approximate surface area is 187 Å². The summed E-state index contributed by atoms with van der Waals surface area (Å²) in [6, 6.07) is 14.8. The Morgan fingerprint density at radius 2 is 1.74 bits per heavy atom. The lowest BCUT2D eigenvalue weighted by Gasteiger charge is -2.11. The van der Waals surface area contributed by atoms with Gasteiger partial charge in [-0.05, 0) is 30.2 Å². The average Bonchev–Trinajstić information content (AvgIpc) is 3.14. The molecule has 0 aliphatic rings. The van der Waals surface area contributed by atoms with Crippen LogP contribution in [0.15, 0.2) is 58.1 Å². The van der Waals surface area contributed by atoms with Crippen LogP contribution >= 0.6 is 23.2 Å². The van der Waals surface area contributed by atoms with E-state index >= 15 is 0 Å². The van der Waals surface area contributed by atoms with E-state index in [-0.39, 0.29) is 18.8 Å². The highest BCUT2D eigenvalue weighted by atomic mass is 35.5. The lowest BCUT2D eigenvalue weighted by Crippen LogP contribution is -2.39. The van der Waals surface area contributed by atoms with Crippen LogP contribution in [0.4, 0.5) is 0 Å². The van der Waals surface area contributed by atoms with Gasteiger partial charge in [-0.2, -0.15) is 0 Å². The highest BCUT2D eigenvalue weighted by Crippen LogP contribution is 2.30. The first-order valence-corrected chi connectivity index (χ1v) is 10.5. The van der Waals surface area contributed by atoms with Crippen LogP contribution in [0.3, 0.4) is 0 Å². The van der Waals surface area contributed by atoms with Crippen molar-refractivity contribution in [3.8, 4) is 11.4 Å². The van der Waals surface area contributed by atoms with Crippen LogP contribution in [0.1, 0.15) is 12.0 Å². The van der Waals surface area contributed by atoms with Gasteiger partial charge in [-0.3, -0.25) is 13.9 Å². The number of rotatable bonds is 6. The first-order chi connectivity index (χ1) is 14.9. The summed E-state index contributed by atoms with van der Waals surface area (Å²) in [7, 11) is 1.58. The maximum atomic E-state index is 13.3. The van der Waals surface area contributed by atoms with Crippen molar-refractivity contribution in [2.75, 3.05) is 6.61 Å². The van der Waals surface area contributed by atoms with Gasteiger partial charge in [-0.1, -0.05) is 53.5 Å². The van der Waals surface area contributed by atoms with Gasteiger partial charge in [0, 0.05) is 32.3 Å². The average molecular weight is 459 g/mol. The number of aliphatic hydroxyl groups is 1. The molecule has 0 amide bonds. The summed E-state index contributed by atoms with van der Waals surface area (Å²) in [5, 5.41) is 9.96. The molecular weight excluding hydrogens is 439 g/mol. The zero-order chi connectivity index (χ0) is 22.1. The summed E-state index contributed by atoms with van der Waals surface area (Å²) in [6.45, 7) is 0.377. The SMILES string of the molecule is Cn1c(=O)n(CCCO)c(=O)c2c1nc(-c1ccc(Cl)c(Cl)c1)n2Cc1ccccc1. The maximum Gasteiger partial charge on any atom is 0.332 e. The monoisotopic (exact) mass is 458 g/mol. The molecule has 0 aliphatic carbocycles. The van der Waals surface area contributed by atoms with E-state index in [4.69, 9.17) is 23.2 Å². The number of benzene rings is 2. The third-order valence-corrected chi connectivity index (χ3v) is 5.87. The molecule has 0 saturated carbocycles. The summed E-state index contributed by atoms with van der Waals surface area (Å²) in [5.41, 5.74) is 1.32. The van der Waals surface area contributed by atoms with Crippen molar-refractivity contribution in [2.45, 2.75) is 19.5 Å². The van der Waals surface area contributed by atoms with Crippen LogP contribution in [0, 0.1) is 0 Å². The van der Waals surface area contributed by atoms with Gasteiger partial charge in [0.15, 0.2) is 11.2 Å². The molecule has 0 saturated heterocycles. The molecular formula is C22H20Cl2N4O3. The second-order valence-corrected chi connectivity index (χ2v) is 8.00. The van der Waals surface area contributed by atoms with Crippen LogP contribution in [-0.2, 0) is 20.1 Å². The highest BCUT2D eigenvalue weighted by Gasteiger charge is 2.21. The van der Waals surface area contributed by atoms with Crippen molar-refractivity contribution >= 4 is 34.4 Å². The lowest BCUT2D eigenvalue weighted by atomic mass is 10.2. The zero-order valence-electron chi connectivity index (χ0n) is 16.8. The molecule has 0 fully saturated rings. The van der Waals surface area contributed by atoms with Crippen molar-refractivity contribution in [1.82, 2.24) is 18.7 Å². The zero-order valence-corrected chi connectivity index (χ0v) is 18.3. The predicted octanol–water partition coefficient (Wildman–Crippen LogP) is 3.30. The molecule has 2 heterocycles. The smallest absolute Gasteiger partial charge is 0.332 e. The van der Waals surface area contributed by atoms with Gasteiger partial charge in [-0.25, -0.2) is 9.78 Å². The van der Waals surface area contributed by atoms with Crippen LogP contribution in [0.5, 0.6) is 0 Å². The topological polar surface area (TPSA) is 82.0 Å². The van der Waals surface area contributed by atoms with Crippen molar-refractivity contribution in [3.05, 3.63) is 85.0 Å². The normalized spacial score (nSPS) is 11.4. The Hall–Kier alpha value is -2.87. The van der Waals surface area contributed by atoms with E-state index in [2.05, 4.69) is 4.98 Å². The standard InChI is InChI=1S/C22H20Cl2N4O3/c1-26-20-18(21(30)27(22(26)31)10-5-11-29)28(13-14-6-3-2-4-7-14)19(25-20)15-8-9-16(23)17(24)12-15/h2-4,6-9,12,29H,5,10-11,13H2,1H3. The molecule has 2 aromatic heterocycles. The summed E-state index contributed by atoms with van der Waals surface area (Å²) < 4.78 is 4.29. The quantitative estimate of drug-likeness (QED) is 0.480. The molecule has 2 aromatic carbocycles. The number of imidazole rings is 1. The number of nitrogens with zero attached hydrogens (tertiary/aromatic N) is 4. The number of fused-ring (bicyclic) bond motifs is 1. The first kappa shape index (κ1) is 21.4. The van der Waals surface area contributed by atoms with E-state index in [1.165, 1.54) is 4.57 Å². The Morgan fingerprint density at radius 3 is 2.42 bits per heavy atom. The number of halogens is 2. The second kappa shape index (κ2) is 8.70. The third-order valence-electron chi connectivity index (χ3n) is 5.13. The van der Waals surface area contributed by atoms with Gasteiger partial charge < -0.3 is 9.67 Å². The minimum atomic E-state index is -0.476. The van der Waals surface area contributed by atoms with E-state index in [1.54, 1.807) is 29.8 Å². The van der Waals surface area contributed by atoms with E-state index in [9.17, 15) is 14.7 Å². The molecule has 1 N–H and O–H groups in total. The summed E-state index contributed by atoms with van der Waals surface area (Å²) in [4.78, 5) is 30.8. The van der Waals surface area contributed by atoms with E-state index in [0.717, 1.165) is 10.1 Å². The number of aryl methyl sites for hydroxylation is 1. The van der Waals surface area contributed by atoms with Crippen molar-refractivity contribution in [1.29, 1.82) is 0 Å². The minimum absolute atomic E-state index is 0.120. The van der Waals surface area contributed by atoms with E-state index < -0.39 is 11.2 Å². The number of aliphatic hydroxyl groups excluding tert-OH is 1. The predicted molar refractivity (Wildman–Crippen MR) is 122 cm³/mol. The third kappa shape index (κ3) is 3.92. The molecule has 160 valence electrons. The van der Waals surface area contributed by atoms with Crippen molar-refractivity contribution in [2.24, 2.45) is 7.05 Å². The van der Waals surface area contributed by atoms with Gasteiger partial charge in [0.1, 0.15) is 5.82 Å². The van der Waals surface area contributed by atoms with Crippen LogP contribution in [0.25, 0.3) is 22.6 Å². The van der Waals surface area contributed by atoms with Gasteiger partial charge in [0.05, 0.1) is 10.0 Å². The fourth-order valence-corrected chi connectivity index (χ4v) is 3.87. The first-order valence-electron chi connectivity index (χ1n) is 9.72. The van der Waals surface area contributed by atoms with Crippen LogP contribution in [-0.4, -0.2) is 30.4 Å². The fraction of sp³-hybridized carbons (Fsp3) is 0.227. The van der Waals surface area contributed by atoms with Gasteiger partial charge in [0.25, 0.3) is 5.56 Å². The number of hydrogen-bond acceptors (Lipinski definition) is 4. The molecule has 0 radical (unpaired) electrons. The van der Waals surface area contributed by atoms with Crippen LogP contribution in [0.2, 0.25) is 10.0 Å². The van der Waals surface area contributed by atoms with Crippen molar-refractivity contribution in [3.63, 3.8) is 0 Å². The Balaban J connectivity index is 2.04. The van der Waals surface area contributed by atoms with Crippen molar-refractivity contribution < 1.29 is 5.11 Å². The highest BCUT2D eigenvalue weighted by molar-refractivity contribution is 6.42. The molecule has 0 atom stereocenters. The molecule has 4 rings (SSSR count). The molecule has 7 nitrogen and oxygen atoms in total. The number of hydrogen-bond donors (Lipinski definition) is 1. The van der Waals surface area contributed by atoms with Crippen LogP contribution < -0.4 is 11.2 Å². The molecule has 31 heavy (non-hydrogen) atoms. The Morgan fingerprint density at radius 1 is 1.00 bits per heavy atom. The summed E-state index contributed by atoms with van der Waals surface area (Å²) >= 11 is 12.3. The molecule has 4 aromatic rings. The Bertz CT molecular complexity index is 1370. The second-order valence-electron chi connectivity index (χ2n) is 7.18. The Kier molecular flexibility index (Phi) is 6.00. The maximum absolute atomic E-state index is 13.3. The fourth-order valence-electron chi connectivity index (χ4n) is 3.57.